The highest BCUT2D eigenvalue weighted by Crippen LogP contribution is 2.23. The number of hydrogen-bond acceptors (Lipinski definition) is 2. The summed E-state index contributed by atoms with van der Waals surface area (Å²) in [6, 6.07) is 10.2. The van der Waals surface area contributed by atoms with E-state index in [0.29, 0.717) is 11.1 Å². The Labute approximate surface area is 103 Å². The summed E-state index contributed by atoms with van der Waals surface area (Å²) in [4.78, 5) is 1.03. The maximum atomic E-state index is 13.1. The molecule has 0 amide bonds. The van der Waals surface area contributed by atoms with Gasteiger partial charge in [0.05, 0.1) is 11.6 Å². The summed E-state index contributed by atoms with van der Waals surface area (Å²) in [6.45, 7) is 1.99. The van der Waals surface area contributed by atoms with Crippen molar-refractivity contribution in [2.24, 2.45) is 0 Å². The van der Waals surface area contributed by atoms with Gasteiger partial charge in [0.15, 0.2) is 0 Å². The van der Waals surface area contributed by atoms with E-state index in [4.69, 9.17) is 5.26 Å². The summed E-state index contributed by atoms with van der Waals surface area (Å²) in [6.07, 6.45) is 1.80. The van der Waals surface area contributed by atoms with E-state index in [0.717, 1.165) is 10.4 Å². The molecule has 0 N–H and O–H groups in total. The van der Waals surface area contributed by atoms with E-state index in [-0.39, 0.29) is 5.82 Å². The lowest BCUT2D eigenvalue weighted by molar-refractivity contribution is 0.627. The van der Waals surface area contributed by atoms with E-state index in [2.05, 4.69) is 6.07 Å². The van der Waals surface area contributed by atoms with Crippen LogP contribution in [0.15, 0.2) is 35.7 Å². The first-order valence-electron chi connectivity index (χ1n) is 5.12. The van der Waals surface area contributed by atoms with Crippen LogP contribution in [-0.2, 0) is 0 Å². The highest BCUT2D eigenvalue weighted by atomic mass is 32.1. The van der Waals surface area contributed by atoms with Crippen molar-refractivity contribution in [3.8, 4) is 6.07 Å². The second-order valence-electron chi connectivity index (χ2n) is 3.65. The Morgan fingerprint density at radius 1 is 1.41 bits per heavy atom. The molecule has 0 aliphatic carbocycles. The molecule has 1 nitrogen and oxygen atoms in total. The third-order valence-electron chi connectivity index (χ3n) is 2.43. The molecule has 1 aromatic carbocycles. The second kappa shape index (κ2) is 4.94. The molecule has 0 spiro atoms. The first-order chi connectivity index (χ1) is 8.20. The van der Waals surface area contributed by atoms with E-state index in [1.807, 2.05) is 18.4 Å². The second-order valence-corrected chi connectivity index (χ2v) is 4.60. The van der Waals surface area contributed by atoms with Crippen molar-refractivity contribution in [3.63, 3.8) is 0 Å². The summed E-state index contributed by atoms with van der Waals surface area (Å²) in [7, 11) is 0. The molecule has 1 heterocycles. The Bertz CT molecular complexity index is 605. The fraction of sp³-hybridized carbons (Fsp3) is 0.0714. The SMILES string of the molecule is Cc1ccsc1/C=C(/C#N)c1cccc(F)c1. The topological polar surface area (TPSA) is 23.8 Å². The predicted molar refractivity (Wildman–Crippen MR) is 68.9 cm³/mol. The van der Waals surface area contributed by atoms with Crippen LogP contribution in [0.3, 0.4) is 0 Å². The fourth-order valence-corrected chi connectivity index (χ4v) is 2.36. The molecule has 17 heavy (non-hydrogen) atoms. The summed E-state index contributed by atoms with van der Waals surface area (Å²) in [5.41, 5.74) is 2.22. The molecule has 0 aliphatic heterocycles. The van der Waals surface area contributed by atoms with E-state index in [1.165, 1.54) is 12.1 Å². The van der Waals surface area contributed by atoms with Crippen LogP contribution in [0.2, 0.25) is 0 Å². The van der Waals surface area contributed by atoms with Crippen molar-refractivity contribution in [3.05, 3.63) is 57.5 Å². The van der Waals surface area contributed by atoms with Gasteiger partial charge in [0.1, 0.15) is 5.82 Å². The third-order valence-corrected chi connectivity index (χ3v) is 3.40. The van der Waals surface area contributed by atoms with Gasteiger partial charge in [0.2, 0.25) is 0 Å². The minimum Gasteiger partial charge on any atom is -0.207 e. The maximum Gasteiger partial charge on any atom is 0.123 e. The highest BCUT2D eigenvalue weighted by Gasteiger charge is 2.04. The lowest BCUT2D eigenvalue weighted by Crippen LogP contribution is -1.83. The Morgan fingerprint density at radius 3 is 2.82 bits per heavy atom. The van der Waals surface area contributed by atoms with E-state index < -0.39 is 0 Å². The molecule has 0 saturated carbocycles. The molecule has 3 heteroatoms. The summed E-state index contributed by atoms with van der Waals surface area (Å²) < 4.78 is 13.1. The number of hydrogen-bond donors (Lipinski definition) is 0. The molecule has 2 aromatic rings. The monoisotopic (exact) mass is 243 g/mol. The smallest absolute Gasteiger partial charge is 0.123 e. The van der Waals surface area contributed by atoms with Gasteiger partial charge in [-0.3, -0.25) is 0 Å². The van der Waals surface area contributed by atoms with Gasteiger partial charge >= 0.3 is 0 Å². The van der Waals surface area contributed by atoms with Crippen LogP contribution in [-0.4, -0.2) is 0 Å². The van der Waals surface area contributed by atoms with Crippen LogP contribution in [0.5, 0.6) is 0 Å². The molecule has 0 fully saturated rings. The van der Waals surface area contributed by atoms with E-state index >= 15 is 0 Å². The highest BCUT2D eigenvalue weighted by molar-refractivity contribution is 7.11. The number of nitrogens with zero attached hydrogens (tertiary/aromatic N) is 1. The molecule has 0 aliphatic rings. The number of thiophene rings is 1. The van der Waals surface area contributed by atoms with Crippen LogP contribution >= 0.6 is 11.3 Å². The summed E-state index contributed by atoms with van der Waals surface area (Å²) in [5, 5.41) is 11.1. The lowest BCUT2D eigenvalue weighted by Gasteiger charge is -1.99. The zero-order valence-electron chi connectivity index (χ0n) is 9.27. The first-order valence-corrected chi connectivity index (χ1v) is 6.00. The quantitative estimate of drug-likeness (QED) is 0.723. The molecule has 1 aromatic heterocycles. The van der Waals surface area contributed by atoms with Crippen LogP contribution < -0.4 is 0 Å². The normalized spacial score (nSPS) is 11.2. The molecule has 0 saturated heterocycles. The van der Waals surface area contributed by atoms with Crippen molar-refractivity contribution in [1.29, 1.82) is 5.26 Å². The van der Waals surface area contributed by atoms with Gasteiger partial charge in [-0.05, 0) is 47.7 Å². The van der Waals surface area contributed by atoms with Crippen molar-refractivity contribution < 1.29 is 4.39 Å². The number of allylic oxidation sites excluding steroid dienone is 1. The van der Waals surface area contributed by atoms with Crippen molar-refractivity contribution in [2.45, 2.75) is 6.92 Å². The number of nitriles is 1. The van der Waals surface area contributed by atoms with Crippen LogP contribution in [0.1, 0.15) is 16.0 Å². The first kappa shape index (κ1) is 11.6. The van der Waals surface area contributed by atoms with Gasteiger partial charge in [-0.1, -0.05) is 12.1 Å². The number of aryl methyl sites for hydroxylation is 1. The van der Waals surface area contributed by atoms with Gasteiger partial charge in [0.25, 0.3) is 0 Å². The van der Waals surface area contributed by atoms with E-state index in [9.17, 15) is 4.39 Å². The van der Waals surface area contributed by atoms with Crippen molar-refractivity contribution in [2.75, 3.05) is 0 Å². The molecular formula is C14H10FNS. The molecule has 0 atom stereocenters. The van der Waals surface area contributed by atoms with Gasteiger partial charge in [0, 0.05) is 4.88 Å². The van der Waals surface area contributed by atoms with Gasteiger partial charge in [-0.25, -0.2) is 4.39 Å². The van der Waals surface area contributed by atoms with Crippen molar-refractivity contribution >= 4 is 23.0 Å². The van der Waals surface area contributed by atoms with Crippen LogP contribution in [0.4, 0.5) is 4.39 Å². The lowest BCUT2D eigenvalue weighted by atomic mass is 10.1. The zero-order valence-corrected chi connectivity index (χ0v) is 10.1. The maximum absolute atomic E-state index is 13.1. The van der Waals surface area contributed by atoms with Crippen LogP contribution in [0.25, 0.3) is 11.6 Å². The average Bonchev–Trinajstić information content (AvgIpc) is 2.71. The van der Waals surface area contributed by atoms with Crippen LogP contribution in [0, 0.1) is 24.1 Å². The molecule has 84 valence electrons. The summed E-state index contributed by atoms with van der Waals surface area (Å²) >= 11 is 1.57. The van der Waals surface area contributed by atoms with Gasteiger partial charge < -0.3 is 0 Å². The Balaban J connectivity index is 2.45. The van der Waals surface area contributed by atoms with Gasteiger partial charge in [-0.15, -0.1) is 11.3 Å². The Morgan fingerprint density at radius 2 is 2.24 bits per heavy atom. The largest absolute Gasteiger partial charge is 0.207 e. The van der Waals surface area contributed by atoms with Crippen molar-refractivity contribution in [1.82, 2.24) is 0 Å². The minimum absolute atomic E-state index is 0.327. The van der Waals surface area contributed by atoms with Gasteiger partial charge in [-0.2, -0.15) is 5.26 Å². The average molecular weight is 243 g/mol. The molecular weight excluding hydrogens is 233 g/mol. The fourth-order valence-electron chi connectivity index (χ4n) is 1.50. The summed E-state index contributed by atoms with van der Waals surface area (Å²) in [5.74, 6) is -0.327. The molecule has 0 radical (unpaired) electrons. The predicted octanol–water partition coefficient (Wildman–Crippen LogP) is 4.26. The third kappa shape index (κ3) is 2.61. The number of halogens is 1. The molecule has 0 unspecified atom stereocenters. The minimum atomic E-state index is -0.327. The zero-order chi connectivity index (χ0) is 12.3. The molecule has 0 bridgehead atoms. The number of rotatable bonds is 2. The standard InChI is InChI=1S/C14H10FNS/c1-10-5-6-17-14(10)8-12(9-16)11-3-2-4-13(15)7-11/h2-8H,1H3/b12-8-. The number of benzene rings is 1. The molecule has 2 rings (SSSR count). The Kier molecular flexibility index (Phi) is 3.36. The Hall–Kier alpha value is -1.92. The van der Waals surface area contributed by atoms with E-state index in [1.54, 1.807) is 29.5 Å².